The van der Waals surface area contributed by atoms with Crippen LogP contribution in [0.2, 0.25) is 5.02 Å². The second-order valence-corrected chi connectivity index (χ2v) is 4.05. The van der Waals surface area contributed by atoms with Crippen molar-refractivity contribution in [2.45, 2.75) is 26.2 Å². The van der Waals surface area contributed by atoms with E-state index in [0.717, 1.165) is 19.3 Å². The Morgan fingerprint density at radius 3 is 2.75 bits per heavy atom. The molecule has 3 nitrogen and oxygen atoms in total. The van der Waals surface area contributed by atoms with E-state index >= 15 is 0 Å². The van der Waals surface area contributed by atoms with E-state index in [1.54, 1.807) is 18.2 Å². The van der Waals surface area contributed by atoms with E-state index in [4.69, 9.17) is 22.1 Å². The summed E-state index contributed by atoms with van der Waals surface area (Å²) in [6, 6.07) is 4.71. The molecule has 0 bridgehead atoms. The molecule has 4 heteroatoms. The van der Waals surface area contributed by atoms with E-state index in [2.05, 4.69) is 6.92 Å². The predicted octanol–water partition coefficient (Wildman–Crippen LogP) is 3.27. The van der Waals surface area contributed by atoms with Gasteiger partial charge in [-0.3, -0.25) is 0 Å². The Bertz CT molecular complexity index is 346. The average Bonchev–Trinajstić information content (AvgIpc) is 2.22. The van der Waals surface area contributed by atoms with E-state index in [1.807, 2.05) is 0 Å². The molecule has 0 heterocycles. The van der Waals surface area contributed by atoms with Gasteiger partial charge in [-0.1, -0.05) is 31.4 Å². The molecule has 1 aromatic rings. The van der Waals surface area contributed by atoms with E-state index in [1.165, 1.54) is 0 Å². The number of hydrogen-bond acceptors (Lipinski definition) is 3. The lowest BCUT2D eigenvalue weighted by Gasteiger charge is -2.05. The second-order valence-electron chi connectivity index (χ2n) is 3.62. The third-order valence-electron chi connectivity index (χ3n) is 2.14. The summed E-state index contributed by atoms with van der Waals surface area (Å²) >= 11 is 5.79. The summed E-state index contributed by atoms with van der Waals surface area (Å²) in [5.74, 6) is -0.370. The van der Waals surface area contributed by atoms with Crippen LogP contribution in [0.1, 0.15) is 36.5 Å². The van der Waals surface area contributed by atoms with Gasteiger partial charge in [-0.15, -0.1) is 0 Å². The van der Waals surface area contributed by atoms with Crippen molar-refractivity contribution in [3.8, 4) is 0 Å². The van der Waals surface area contributed by atoms with Crippen LogP contribution in [0.5, 0.6) is 0 Å². The molecule has 0 atom stereocenters. The standard InChI is InChI=1S/C12H16ClNO2/c1-2-3-4-5-16-12(15)9-6-10(13)8-11(14)7-9/h6-8H,2-5,14H2,1H3. The highest BCUT2D eigenvalue weighted by Crippen LogP contribution is 2.17. The molecule has 0 amide bonds. The Morgan fingerprint density at radius 1 is 1.38 bits per heavy atom. The van der Waals surface area contributed by atoms with E-state index in [0.29, 0.717) is 22.9 Å². The summed E-state index contributed by atoms with van der Waals surface area (Å²) in [7, 11) is 0. The summed E-state index contributed by atoms with van der Waals surface area (Å²) in [6.07, 6.45) is 3.05. The number of benzene rings is 1. The molecule has 88 valence electrons. The fourth-order valence-electron chi connectivity index (χ4n) is 1.33. The van der Waals surface area contributed by atoms with Gasteiger partial charge in [0.05, 0.1) is 12.2 Å². The lowest BCUT2D eigenvalue weighted by Crippen LogP contribution is -2.07. The van der Waals surface area contributed by atoms with Crippen molar-refractivity contribution in [3.05, 3.63) is 28.8 Å². The number of carbonyl (C=O) groups is 1. The molecule has 0 aliphatic heterocycles. The van der Waals surface area contributed by atoms with E-state index in [9.17, 15) is 4.79 Å². The smallest absolute Gasteiger partial charge is 0.338 e. The SMILES string of the molecule is CCCCCOC(=O)c1cc(N)cc(Cl)c1. The molecule has 0 spiro atoms. The maximum atomic E-state index is 11.6. The highest BCUT2D eigenvalue weighted by molar-refractivity contribution is 6.31. The van der Waals surface area contributed by atoms with Crippen LogP contribution < -0.4 is 5.73 Å². The van der Waals surface area contributed by atoms with Gasteiger partial charge in [0, 0.05) is 10.7 Å². The summed E-state index contributed by atoms with van der Waals surface area (Å²) in [4.78, 5) is 11.6. The minimum Gasteiger partial charge on any atom is -0.462 e. The van der Waals surface area contributed by atoms with Crippen molar-refractivity contribution < 1.29 is 9.53 Å². The Kier molecular flexibility index (Phi) is 5.12. The molecule has 0 saturated carbocycles. The molecule has 16 heavy (non-hydrogen) atoms. The van der Waals surface area contributed by atoms with Gasteiger partial charge in [-0.25, -0.2) is 4.79 Å². The van der Waals surface area contributed by atoms with Crippen molar-refractivity contribution >= 4 is 23.3 Å². The van der Waals surface area contributed by atoms with Crippen molar-refractivity contribution in [1.82, 2.24) is 0 Å². The van der Waals surface area contributed by atoms with Crippen LogP contribution in [0.3, 0.4) is 0 Å². The van der Waals surface area contributed by atoms with E-state index in [-0.39, 0.29) is 5.97 Å². The Morgan fingerprint density at radius 2 is 2.12 bits per heavy atom. The van der Waals surface area contributed by atoms with Crippen molar-refractivity contribution in [1.29, 1.82) is 0 Å². The molecule has 0 aliphatic carbocycles. The van der Waals surface area contributed by atoms with Crippen molar-refractivity contribution in [3.63, 3.8) is 0 Å². The number of nitrogens with two attached hydrogens (primary N) is 1. The quantitative estimate of drug-likeness (QED) is 0.489. The number of ether oxygens (including phenoxy) is 1. The average molecular weight is 242 g/mol. The molecule has 1 aromatic carbocycles. The number of rotatable bonds is 5. The third kappa shape index (κ3) is 4.11. The summed E-state index contributed by atoms with van der Waals surface area (Å²) in [5, 5.41) is 0.445. The highest BCUT2D eigenvalue weighted by Gasteiger charge is 2.08. The van der Waals surface area contributed by atoms with Crippen molar-refractivity contribution in [2.75, 3.05) is 12.3 Å². The molecule has 0 radical (unpaired) electrons. The van der Waals surface area contributed by atoms with Crippen LogP contribution in [0.15, 0.2) is 18.2 Å². The van der Waals surface area contributed by atoms with Crippen LogP contribution in [0.4, 0.5) is 5.69 Å². The molecular formula is C12H16ClNO2. The number of nitrogen functional groups attached to an aromatic ring is 1. The molecule has 0 fully saturated rings. The number of carbonyl (C=O) groups excluding carboxylic acids is 1. The molecule has 0 unspecified atom stereocenters. The molecule has 0 saturated heterocycles. The largest absolute Gasteiger partial charge is 0.462 e. The predicted molar refractivity (Wildman–Crippen MR) is 65.7 cm³/mol. The summed E-state index contributed by atoms with van der Waals surface area (Å²) < 4.78 is 5.09. The molecule has 1 rings (SSSR count). The number of esters is 1. The maximum absolute atomic E-state index is 11.6. The molecule has 0 aromatic heterocycles. The van der Waals surface area contributed by atoms with Crippen LogP contribution in [-0.4, -0.2) is 12.6 Å². The van der Waals surface area contributed by atoms with Gasteiger partial charge in [0.15, 0.2) is 0 Å². The first kappa shape index (κ1) is 12.8. The fourth-order valence-corrected chi connectivity index (χ4v) is 1.57. The minimum absolute atomic E-state index is 0.370. The lowest BCUT2D eigenvalue weighted by atomic mass is 10.2. The molecule has 2 N–H and O–H groups in total. The topological polar surface area (TPSA) is 52.3 Å². The zero-order valence-corrected chi connectivity index (χ0v) is 10.1. The van der Waals surface area contributed by atoms with Crippen LogP contribution in [-0.2, 0) is 4.74 Å². The highest BCUT2D eigenvalue weighted by atomic mass is 35.5. The second kappa shape index (κ2) is 6.38. The molecule has 0 aliphatic rings. The van der Waals surface area contributed by atoms with Gasteiger partial charge in [-0.05, 0) is 24.6 Å². The Labute approximate surface area is 101 Å². The first-order chi connectivity index (χ1) is 7.63. The fraction of sp³-hybridized carbons (Fsp3) is 0.417. The van der Waals surface area contributed by atoms with Crippen LogP contribution >= 0.6 is 11.6 Å². The monoisotopic (exact) mass is 241 g/mol. The number of hydrogen-bond donors (Lipinski definition) is 1. The zero-order valence-electron chi connectivity index (χ0n) is 9.33. The third-order valence-corrected chi connectivity index (χ3v) is 2.36. The first-order valence-corrected chi connectivity index (χ1v) is 5.74. The number of halogens is 1. The Hall–Kier alpha value is -1.22. The summed E-state index contributed by atoms with van der Waals surface area (Å²) in [6.45, 7) is 2.54. The molecular weight excluding hydrogens is 226 g/mol. The minimum atomic E-state index is -0.370. The van der Waals surface area contributed by atoms with Gasteiger partial charge in [0.1, 0.15) is 0 Å². The van der Waals surface area contributed by atoms with Gasteiger partial charge in [0.25, 0.3) is 0 Å². The van der Waals surface area contributed by atoms with Gasteiger partial charge < -0.3 is 10.5 Å². The lowest BCUT2D eigenvalue weighted by molar-refractivity contribution is 0.0498. The number of anilines is 1. The number of unbranched alkanes of at least 4 members (excludes halogenated alkanes) is 2. The normalized spacial score (nSPS) is 10.1. The van der Waals surface area contributed by atoms with E-state index < -0.39 is 0 Å². The zero-order chi connectivity index (χ0) is 12.0. The Balaban J connectivity index is 2.52. The summed E-state index contributed by atoms with van der Waals surface area (Å²) in [5.41, 5.74) is 6.45. The van der Waals surface area contributed by atoms with Crippen molar-refractivity contribution in [2.24, 2.45) is 0 Å². The van der Waals surface area contributed by atoms with Gasteiger partial charge in [0.2, 0.25) is 0 Å². The van der Waals surface area contributed by atoms with Crippen LogP contribution in [0.25, 0.3) is 0 Å². The van der Waals surface area contributed by atoms with Gasteiger partial charge >= 0.3 is 5.97 Å². The maximum Gasteiger partial charge on any atom is 0.338 e. The van der Waals surface area contributed by atoms with Crippen LogP contribution in [0, 0.1) is 0 Å². The van der Waals surface area contributed by atoms with Gasteiger partial charge in [-0.2, -0.15) is 0 Å². The first-order valence-electron chi connectivity index (χ1n) is 5.36.